The molecular weight excluding hydrogens is 120 g/mol. The number of rotatable bonds is 2. The summed E-state index contributed by atoms with van der Waals surface area (Å²) in [6.07, 6.45) is 2.80. The van der Waals surface area contributed by atoms with Gasteiger partial charge in [-0.3, -0.25) is 0 Å². The fraction of sp³-hybridized carbons (Fsp3) is 1.00. The van der Waals surface area contributed by atoms with Crippen LogP contribution in [-0.4, -0.2) is 5.88 Å². The van der Waals surface area contributed by atoms with E-state index in [1.165, 1.54) is 12.8 Å². The van der Waals surface area contributed by atoms with Gasteiger partial charge in [-0.1, -0.05) is 13.8 Å². The molecule has 0 atom stereocenters. The van der Waals surface area contributed by atoms with Crippen LogP contribution in [0.1, 0.15) is 26.7 Å². The molecular formula is C7H13Cl. The van der Waals surface area contributed by atoms with Gasteiger partial charge in [0.15, 0.2) is 0 Å². The van der Waals surface area contributed by atoms with E-state index in [0.717, 1.165) is 11.8 Å². The quantitative estimate of drug-likeness (QED) is 0.507. The lowest BCUT2D eigenvalue weighted by Gasteiger charge is -2.19. The monoisotopic (exact) mass is 132 g/mol. The topological polar surface area (TPSA) is 0 Å². The zero-order chi connectivity index (χ0) is 6.20. The molecule has 0 amide bonds. The first-order valence-electron chi connectivity index (χ1n) is 3.23. The molecule has 1 saturated carbocycles. The van der Waals surface area contributed by atoms with E-state index < -0.39 is 0 Å². The highest BCUT2D eigenvalue weighted by molar-refractivity contribution is 6.18. The zero-order valence-corrected chi connectivity index (χ0v) is 6.33. The van der Waals surface area contributed by atoms with Crippen molar-refractivity contribution in [1.29, 1.82) is 0 Å². The van der Waals surface area contributed by atoms with E-state index in [1.807, 2.05) is 0 Å². The fourth-order valence-corrected chi connectivity index (χ4v) is 1.19. The molecule has 0 aliphatic heterocycles. The molecule has 0 unspecified atom stereocenters. The third-order valence-electron chi connectivity index (χ3n) is 2.03. The Morgan fingerprint density at radius 3 is 2.12 bits per heavy atom. The van der Waals surface area contributed by atoms with E-state index in [-0.39, 0.29) is 0 Å². The maximum Gasteiger partial charge on any atom is 0.0277 e. The molecule has 0 bridgehead atoms. The zero-order valence-electron chi connectivity index (χ0n) is 5.58. The summed E-state index contributed by atoms with van der Waals surface area (Å²) in [5.41, 5.74) is 0.418. The Labute approximate surface area is 56.2 Å². The van der Waals surface area contributed by atoms with E-state index in [0.29, 0.717) is 5.41 Å². The second-order valence-corrected chi connectivity index (χ2v) is 3.66. The fourth-order valence-electron chi connectivity index (χ4n) is 0.974. The van der Waals surface area contributed by atoms with Crippen molar-refractivity contribution in [3.8, 4) is 0 Å². The number of hydrogen-bond acceptors (Lipinski definition) is 0. The van der Waals surface area contributed by atoms with Crippen molar-refractivity contribution < 1.29 is 0 Å². The summed E-state index contributed by atoms with van der Waals surface area (Å²) in [5.74, 6) is 1.75. The summed E-state index contributed by atoms with van der Waals surface area (Å²) in [6, 6.07) is 0. The van der Waals surface area contributed by atoms with Crippen molar-refractivity contribution >= 4 is 11.6 Å². The third kappa shape index (κ3) is 1.17. The smallest absolute Gasteiger partial charge is 0.0277 e. The van der Waals surface area contributed by atoms with Gasteiger partial charge in [-0.15, -0.1) is 11.6 Å². The van der Waals surface area contributed by atoms with Crippen molar-refractivity contribution in [3.05, 3.63) is 0 Å². The summed E-state index contributed by atoms with van der Waals surface area (Å²) in [7, 11) is 0. The largest absolute Gasteiger partial charge is 0.126 e. The predicted octanol–water partition coefficient (Wildman–Crippen LogP) is 2.66. The van der Waals surface area contributed by atoms with Crippen LogP contribution in [0.2, 0.25) is 0 Å². The number of alkyl halides is 1. The van der Waals surface area contributed by atoms with Gasteiger partial charge in [0.1, 0.15) is 0 Å². The first-order valence-corrected chi connectivity index (χ1v) is 3.76. The van der Waals surface area contributed by atoms with Crippen molar-refractivity contribution in [2.24, 2.45) is 11.3 Å². The number of hydrogen-bond donors (Lipinski definition) is 0. The van der Waals surface area contributed by atoms with Crippen LogP contribution >= 0.6 is 11.6 Å². The van der Waals surface area contributed by atoms with Crippen molar-refractivity contribution in [1.82, 2.24) is 0 Å². The molecule has 0 aromatic carbocycles. The summed E-state index contributed by atoms with van der Waals surface area (Å²) < 4.78 is 0. The normalized spacial score (nSPS) is 21.4. The molecule has 1 heteroatoms. The van der Waals surface area contributed by atoms with Crippen molar-refractivity contribution in [2.45, 2.75) is 26.7 Å². The molecule has 48 valence electrons. The Hall–Kier alpha value is 0.290. The molecule has 8 heavy (non-hydrogen) atoms. The van der Waals surface area contributed by atoms with Crippen LogP contribution < -0.4 is 0 Å². The minimum absolute atomic E-state index is 0.418. The molecule has 1 aliphatic carbocycles. The molecule has 0 aromatic heterocycles. The van der Waals surface area contributed by atoms with Gasteiger partial charge in [-0.2, -0.15) is 0 Å². The van der Waals surface area contributed by atoms with Crippen molar-refractivity contribution in [3.63, 3.8) is 0 Å². The summed E-state index contributed by atoms with van der Waals surface area (Å²) >= 11 is 5.73. The lowest BCUT2D eigenvalue weighted by molar-refractivity contribution is 0.357. The van der Waals surface area contributed by atoms with Crippen LogP contribution in [0.5, 0.6) is 0 Å². The lowest BCUT2D eigenvalue weighted by Crippen LogP contribution is -2.15. The van der Waals surface area contributed by atoms with Gasteiger partial charge in [0.05, 0.1) is 0 Å². The molecule has 0 spiro atoms. The average molecular weight is 133 g/mol. The second kappa shape index (κ2) is 1.91. The third-order valence-corrected chi connectivity index (χ3v) is 2.72. The Balaban J connectivity index is 2.37. The predicted molar refractivity (Wildman–Crippen MR) is 37.2 cm³/mol. The summed E-state index contributed by atoms with van der Waals surface area (Å²) in [5, 5.41) is 0. The van der Waals surface area contributed by atoms with Gasteiger partial charge in [0, 0.05) is 5.88 Å². The van der Waals surface area contributed by atoms with E-state index in [4.69, 9.17) is 11.6 Å². The molecule has 1 fully saturated rings. The Bertz CT molecular complexity index is 82.4. The molecule has 0 aromatic rings. The molecule has 0 N–H and O–H groups in total. The van der Waals surface area contributed by atoms with E-state index in [9.17, 15) is 0 Å². The highest BCUT2D eigenvalue weighted by Gasteiger charge is 2.36. The van der Waals surface area contributed by atoms with Gasteiger partial charge in [-0.25, -0.2) is 0 Å². The maximum atomic E-state index is 5.73. The van der Waals surface area contributed by atoms with Gasteiger partial charge in [0.2, 0.25) is 0 Å². The number of halogens is 1. The van der Waals surface area contributed by atoms with Gasteiger partial charge < -0.3 is 0 Å². The van der Waals surface area contributed by atoms with Crippen molar-refractivity contribution in [2.75, 3.05) is 5.88 Å². The van der Waals surface area contributed by atoms with Crippen LogP contribution in [0.15, 0.2) is 0 Å². The van der Waals surface area contributed by atoms with Crippen LogP contribution in [0.4, 0.5) is 0 Å². The van der Waals surface area contributed by atoms with E-state index >= 15 is 0 Å². The molecule has 0 heterocycles. The van der Waals surface area contributed by atoms with Crippen LogP contribution in [0.25, 0.3) is 0 Å². The van der Waals surface area contributed by atoms with Gasteiger partial charge in [-0.05, 0) is 24.2 Å². The second-order valence-electron chi connectivity index (χ2n) is 3.40. The highest BCUT2D eigenvalue weighted by Crippen LogP contribution is 2.45. The SMILES string of the molecule is CC(C)(CCl)C1CC1. The Morgan fingerprint density at radius 2 is 2.00 bits per heavy atom. The van der Waals surface area contributed by atoms with E-state index in [2.05, 4.69) is 13.8 Å². The average Bonchev–Trinajstić information content (AvgIpc) is 2.44. The molecule has 1 rings (SSSR count). The van der Waals surface area contributed by atoms with Crippen LogP contribution in [-0.2, 0) is 0 Å². The summed E-state index contributed by atoms with van der Waals surface area (Å²) in [4.78, 5) is 0. The van der Waals surface area contributed by atoms with Gasteiger partial charge >= 0.3 is 0 Å². The minimum Gasteiger partial charge on any atom is -0.126 e. The van der Waals surface area contributed by atoms with E-state index in [1.54, 1.807) is 0 Å². The maximum absolute atomic E-state index is 5.73. The lowest BCUT2D eigenvalue weighted by atomic mass is 9.90. The Morgan fingerprint density at radius 1 is 1.50 bits per heavy atom. The molecule has 0 saturated heterocycles. The van der Waals surface area contributed by atoms with Crippen LogP contribution in [0.3, 0.4) is 0 Å². The first kappa shape index (κ1) is 6.41. The standard InChI is InChI=1S/C7H13Cl/c1-7(2,5-8)6-3-4-6/h6H,3-5H2,1-2H3. The van der Waals surface area contributed by atoms with Crippen LogP contribution in [0, 0.1) is 11.3 Å². The summed E-state index contributed by atoms with van der Waals surface area (Å²) in [6.45, 7) is 4.50. The Kier molecular flexibility index (Phi) is 1.53. The van der Waals surface area contributed by atoms with Gasteiger partial charge in [0.25, 0.3) is 0 Å². The first-order chi connectivity index (χ1) is 3.67. The molecule has 0 radical (unpaired) electrons. The highest BCUT2D eigenvalue weighted by atomic mass is 35.5. The molecule has 1 aliphatic rings. The molecule has 0 nitrogen and oxygen atoms in total. The minimum atomic E-state index is 0.418.